The van der Waals surface area contributed by atoms with Gasteiger partial charge in [0, 0.05) is 5.39 Å². The fourth-order valence-electron chi connectivity index (χ4n) is 1.52. The van der Waals surface area contributed by atoms with E-state index in [-0.39, 0.29) is 5.56 Å². The molecule has 4 nitrogen and oxygen atoms in total. The van der Waals surface area contributed by atoms with Gasteiger partial charge in [0.2, 0.25) is 0 Å². The first-order valence-electron chi connectivity index (χ1n) is 4.43. The van der Waals surface area contributed by atoms with Crippen LogP contribution in [0.3, 0.4) is 0 Å². The molecule has 0 fully saturated rings. The van der Waals surface area contributed by atoms with E-state index in [1.54, 1.807) is 19.1 Å². The minimum absolute atomic E-state index is 0.195. The van der Waals surface area contributed by atoms with E-state index in [1.165, 1.54) is 13.2 Å². The van der Waals surface area contributed by atoms with Crippen molar-refractivity contribution in [2.45, 2.75) is 6.92 Å². The Morgan fingerprint density at radius 1 is 1.40 bits per heavy atom. The maximum atomic E-state index is 10.8. The molecule has 1 aromatic heterocycles. The van der Waals surface area contributed by atoms with Crippen molar-refractivity contribution < 1.29 is 19.1 Å². The number of carboxylic acids is 1. The van der Waals surface area contributed by atoms with Gasteiger partial charge in [-0.2, -0.15) is 0 Å². The molecule has 0 aliphatic heterocycles. The quantitative estimate of drug-likeness (QED) is 0.819. The third-order valence-corrected chi connectivity index (χ3v) is 2.17. The summed E-state index contributed by atoms with van der Waals surface area (Å²) >= 11 is 0. The van der Waals surface area contributed by atoms with Gasteiger partial charge in [-0.3, -0.25) is 0 Å². The second-order valence-electron chi connectivity index (χ2n) is 3.26. The Bertz CT molecular complexity index is 525. The van der Waals surface area contributed by atoms with Crippen molar-refractivity contribution in [3.05, 3.63) is 29.5 Å². The van der Waals surface area contributed by atoms with E-state index >= 15 is 0 Å². The number of hydrogen-bond acceptors (Lipinski definition) is 3. The lowest BCUT2D eigenvalue weighted by Crippen LogP contribution is -1.96. The highest BCUT2D eigenvalue weighted by Gasteiger charge is 2.12. The van der Waals surface area contributed by atoms with Crippen molar-refractivity contribution in [3.63, 3.8) is 0 Å². The molecule has 0 atom stereocenters. The van der Waals surface area contributed by atoms with Crippen LogP contribution in [0.4, 0.5) is 0 Å². The maximum absolute atomic E-state index is 10.8. The summed E-state index contributed by atoms with van der Waals surface area (Å²) in [5.74, 6) is 0.192. The molecule has 0 spiro atoms. The fraction of sp³-hybridized carbons (Fsp3) is 0.182. The molecule has 0 aliphatic carbocycles. The topological polar surface area (TPSA) is 59.7 Å². The van der Waals surface area contributed by atoms with E-state index in [0.717, 1.165) is 11.1 Å². The van der Waals surface area contributed by atoms with Crippen LogP contribution in [0.25, 0.3) is 11.0 Å². The fourth-order valence-corrected chi connectivity index (χ4v) is 1.52. The molecular formula is C11H10O4. The van der Waals surface area contributed by atoms with Gasteiger partial charge in [0.25, 0.3) is 0 Å². The zero-order valence-electron chi connectivity index (χ0n) is 8.40. The Kier molecular flexibility index (Phi) is 2.11. The van der Waals surface area contributed by atoms with Gasteiger partial charge in [-0.25, -0.2) is 4.79 Å². The highest BCUT2D eigenvalue weighted by molar-refractivity contribution is 5.95. The van der Waals surface area contributed by atoms with Crippen molar-refractivity contribution in [2.75, 3.05) is 7.11 Å². The van der Waals surface area contributed by atoms with Crippen LogP contribution in [-0.4, -0.2) is 18.2 Å². The number of hydrogen-bond donors (Lipinski definition) is 1. The minimum atomic E-state index is -0.978. The zero-order chi connectivity index (χ0) is 11.0. The van der Waals surface area contributed by atoms with Crippen LogP contribution in [0.2, 0.25) is 0 Å². The summed E-state index contributed by atoms with van der Waals surface area (Å²) in [4.78, 5) is 10.8. The molecule has 0 aliphatic rings. The monoisotopic (exact) mass is 206 g/mol. The van der Waals surface area contributed by atoms with Gasteiger partial charge in [0.15, 0.2) is 11.3 Å². The molecule has 15 heavy (non-hydrogen) atoms. The number of aromatic carboxylic acids is 1. The lowest BCUT2D eigenvalue weighted by molar-refractivity contribution is 0.0696. The van der Waals surface area contributed by atoms with E-state index in [4.69, 9.17) is 14.3 Å². The smallest absolute Gasteiger partial charge is 0.335 e. The number of rotatable bonds is 2. The molecule has 0 bridgehead atoms. The summed E-state index contributed by atoms with van der Waals surface area (Å²) in [6, 6.07) is 4.80. The Hall–Kier alpha value is -1.97. The van der Waals surface area contributed by atoms with E-state index in [0.29, 0.717) is 11.3 Å². The SMILES string of the molecule is COc1cc(C(=O)O)cc2cc(C)oc12. The lowest BCUT2D eigenvalue weighted by Gasteiger charge is -2.02. The zero-order valence-corrected chi connectivity index (χ0v) is 8.40. The summed E-state index contributed by atoms with van der Waals surface area (Å²) in [7, 11) is 1.48. The Labute approximate surface area is 86.1 Å². The molecule has 0 saturated heterocycles. The second kappa shape index (κ2) is 3.31. The third-order valence-electron chi connectivity index (χ3n) is 2.17. The first-order valence-corrected chi connectivity index (χ1v) is 4.43. The van der Waals surface area contributed by atoms with Gasteiger partial charge < -0.3 is 14.3 Å². The maximum Gasteiger partial charge on any atom is 0.335 e. The number of aryl methyl sites for hydroxylation is 1. The molecule has 4 heteroatoms. The van der Waals surface area contributed by atoms with Gasteiger partial charge in [0.05, 0.1) is 12.7 Å². The van der Waals surface area contributed by atoms with Crippen LogP contribution in [0.15, 0.2) is 22.6 Å². The average molecular weight is 206 g/mol. The molecule has 1 aromatic carbocycles. The largest absolute Gasteiger partial charge is 0.493 e. The van der Waals surface area contributed by atoms with Gasteiger partial charge >= 0.3 is 5.97 Å². The molecule has 2 aromatic rings. The van der Waals surface area contributed by atoms with E-state index < -0.39 is 5.97 Å². The van der Waals surface area contributed by atoms with Crippen molar-refractivity contribution in [1.29, 1.82) is 0 Å². The predicted octanol–water partition coefficient (Wildman–Crippen LogP) is 2.45. The van der Waals surface area contributed by atoms with E-state index in [2.05, 4.69) is 0 Å². The molecule has 0 saturated carbocycles. The van der Waals surface area contributed by atoms with Crippen LogP contribution in [0.5, 0.6) is 5.75 Å². The number of furan rings is 1. The van der Waals surface area contributed by atoms with Crippen molar-refractivity contribution >= 4 is 16.9 Å². The van der Waals surface area contributed by atoms with Gasteiger partial charge in [-0.15, -0.1) is 0 Å². The molecule has 0 unspecified atom stereocenters. The molecule has 0 radical (unpaired) electrons. The molecule has 78 valence electrons. The highest BCUT2D eigenvalue weighted by atomic mass is 16.5. The normalized spacial score (nSPS) is 10.5. The average Bonchev–Trinajstić information content (AvgIpc) is 2.56. The summed E-state index contributed by atoms with van der Waals surface area (Å²) in [6.07, 6.45) is 0. The van der Waals surface area contributed by atoms with Crippen molar-refractivity contribution in [1.82, 2.24) is 0 Å². The standard InChI is InChI=1S/C11H10O4/c1-6-3-7-4-8(11(12)13)5-9(14-2)10(7)15-6/h3-5H,1-2H3,(H,12,13). The van der Waals surface area contributed by atoms with Crippen LogP contribution >= 0.6 is 0 Å². The van der Waals surface area contributed by atoms with Crippen LogP contribution in [-0.2, 0) is 0 Å². The van der Waals surface area contributed by atoms with E-state index in [1.807, 2.05) is 0 Å². The second-order valence-corrected chi connectivity index (χ2v) is 3.26. The summed E-state index contributed by atoms with van der Waals surface area (Å²) in [5, 5.41) is 9.62. The number of ether oxygens (including phenoxy) is 1. The number of fused-ring (bicyclic) bond motifs is 1. The minimum Gasteiger partial charge on any atom is -0.493 e. The molecular weight excluding hydrogens is 196 g/mol. The van der Waals surface area contributed by atoms with Crippen molar-refractivity contribution in [3.8, 4) is 5.75 Å². The summed E-state index contributed by atoms with van der Waals surface area (Å²) < 4.78 is 10.5. The lowest BCUT2D eigenvalue weighted by atomic mass is 10.1. The van der Waals surface area contributed by atoms with Gasteiger partial charge in [0.1, 0.15) is 5.76 Å². The third kappa shape index (κ3) is 1.54. The number of methoxy groups -OCH3 is 1. The number of benzene rings is 1. The number of carboxylic acid groups (broad SMARTS) is 1. The van der Waals surface area contributed by atoms with Crippen LogP contribution in [0.1, 0.15) is 16.1 Å². The molecule has 1 N–H and O–H groups in total. The van der Waals surface area contributed by atoms with Crippen LogP contribution < -0.4 is 4.74 Å². The first-order chi connectivity index (χ1) is 7.11. The van der Waals surface area contributed by atoms with Gasteiger partial charge in [-0.05, 0) is 25.1 Å². The summed E-state index contributed by atoms with van der Waals surface area (Å²) in [5.41, 5.74) is 0.778. The number of carbonyl (C=O) groups is 1. The van der Waals surface area contributed by atoms with Crippen LogP contribution in [0, 0.1) is 6.92 Å². The molecule has 0 amide bonds. The Morgan fingerprint density at radius 3 is 2.73 bits per heavy atom. The summed E-state index contributed by atoms with van der Waals surface area (Å²) in [6.45, 7) is 1.81. The van der Waals surface area contributed by atoms with Gasteiger partial charge in [-0.1, -0.05) is 0 Å². The molecule has 1 heterocycles. The molecule has 2 rings (SSSR count). The Balaban J connectivity index is 2.76. The highest BCUT2D eigenvalue weighted by Crippen LogP contribution is 2.30. The first kappa shape index (κ1) is 9.58. The Morgan fingerprint density at radius 2 is 2.13 bits per heavy atom. The predicted molar refractivity (Wildman–Crippen MR) is 54.5 cm³/mol. The van der Waals surface area contributed by atoms with E-state index in [9.17, 15) is 4.79 Å². The van der Waals surface area contributed by atoms with Crippen molar-refractivity contribution in [2.24, 2.45) is 0 Å².